The summed E-state index contributed by atoms with van der Waals surface area (Å²) < 4.78 is 11.3. The number of rotatable bonds is 2. The topological polar surface area (TPSA) is 26.0 Å². The molecule has 0 aromatic heterocycles. The van der Waals surface area contributed by atoms with Crippen LogP contribution in [0.5, 0.6) is 0 Å². The van der Waals surface area contributed by atoms with Crippen LogP contribution in [0.15, 0.2) is 36.3 Å². The van der Waals surface area contributed by atoms with Crippen molar-refractivity contribution in [1.29, 1.82) is 0 Å². The van der Waals surface area contributed by atoms with Crippen LogP contribution in [-0.4, -0.2) is 0 Å². The molecule has 0 amide bonds. The van der Waals surface area contributed by atoms with Gasteiger partial charge in [0.25, 0.3) is 0 Å². The maximum Gasteiger partial charge on any atom is 0.0866 e. The van der Waals surface area contributed by atoms with Gasteiger partial charge in [0.15, 0.2) is 0 Å². The third-order valence-electron chi connectivity index (χ3n) is 0.806. The van der Waals surface area contributed by atoms with Gasteiger partial charge in [-0.1, -0.05) is 12.2 Å². The predicted molar refractivity (Wildman–Crippen MR) is 37.3 cm³/mol. The van der Waals surface area contributed by atoms with Crippen LogP contribution >= 0.6 is 0 Å². The van der Waals surface area contributed by atoms with E-state index in [4.69, 9.17) is 5.73 Å². The molecule has 0 unspecified atom stereocenters. The molecule has 1 nitrogen and oxygen atoms in total. The molecule has 0 aromatic rings. The van der Waals surface area contributed by atoms with Crippen LogP contribution in [0.25, 0.3) is 0 Å². The number of hydrogen-bond acceptors (Lipinski definition) is 1. The molecule has 50 valence electrons. The summed E-state index contributed by atoms with van der Waals surface area (Å²) in [6, 6.07) is 0. The van der Waals surface area contributed by atoms with E-state index in [0.717, 1.165) is 0 Å². The summed E-state index contributed by atoms with van der Waals surface area (Å²) in [5.41, 5.74) is 5.96. The molecule has 0 aliphatic heterocycles. The van der Waals surface area contributed by atoms with E-state index >= 15 is 0 Å². The average Bonchev–Trinajstić information content (AvgIpc) is 1.89. The molecule has 0 aromatic carbocycles. The normalized spacial score (nSPS) is 13.8. The van der Waals surface area contributed by atoms with Crippen LogP contribution in [0.2, 0.25) is 0 Å². The van der Waals surface area contributed by atoms with Crippen molar-refractivity contribution in [2.75, 3.05) is 0 Å². The van der Waals surface area contributed by atoms with Crippen LogP contribution in [0.1, 0.15) is 6.92 Å². The smallest absolute Gasteiger partial charge is 0.0866 e. The van der Waals surface area contributed by atoms with Crippen LogP contribution in [0.4, 0.5) is 4.39 Å². The first-order valence-corrected chi connectivity index (χ1v) is 2.66. The second-order valence-corrected chi connectivity index (χ2v) is 1.47. The zero-order valence-corrected chi connectivity index (χ0v) is 5.34. The Balaban J connectivity index is 3.71. The van der Waals surface area contributed by atoms with Crippen LogP contribution in [0.3, 0.4) is 0 Å². The first-order valence-electron chi connectivity index (χ1n) is 2.66. The lowest BCUT2D eigenvalue weighted by atomic mass is 10.4. The molecule has 0 rings (SSSR count). The van der Waals surface area contributed by atoms with Gasteiger partial charge in [0.1, 0.15) is 0 Å². The minimum atomic E-state index is 0.458. The van der Waals surface area contributed by atoms with Crippen molar-refractivity contribution in [2.45, 2.75) is 6.92 Å². The lowest BCUT2D eigenvalue weighted by Gasteiger charge is -1.83. The van der Waals surface area contributed by atoms with Crippen LogP contribution < -0.4 is 5.73 Å². The molecule has 0 bridgehead atoms. The number of halogens is 1. The van der Waals surface area contributed by atoms with Gasteiger partial charge < -0.3 is 5.73 Å². The fourth-order valence-electron chi connectivity index (χ4n) is 0.305. The molecule has 0 aliphatic rings. The third-order valence-corrected chi connectivity index (χ3v) is 0.806. The van der Waals surface area contributed by atoms with Gasteiger partial charge in [-0.25, -0.2) is 4.39 Å². The van der Waals surface area contributed by atoms with E-state index < -0.39 is 0 Å². The molecule has 0 heterocycles. The Morgan fingerprint density at radius 2 is 2.11 bits per heavy atom. The molecule has 2 N–H and O–H groups in total. The molecular formula is C7H10FN. The van der Waals surface area contributed by atoms with Gasteiger partial charge in [0.2, 0.25) is 0 Å². The summed E-state index contributed by atoms with van der Waals surface area (Å²) in [5.74, 6) is 0. The molecule has 2 heteroatoms. The fourth-order valence-corrected chi connectivity index (χ4v) is 0.305. The zero-order chi connectivity index (χ0) is 7.11. The second-order valence-electron chi connectivity index (χ2n) is 1.47. The Morgan fingerprint density at radius 1 is 1.44 bits per heavy atom. The van der Waals surface area contributed by atoms with E-state index in [2.05, 4.69) is 0 Å². The second kappa shape index (κ2) is 5.09. The van der Waals surface area contributed by atoms with Crippen molar-refractivity contribution >= 4 is 0 Å². The van der Waals surface area contributed by atoms with E-state index in [0.29, 0.717) is 12.0 Å². The van der Waals surface area contributed by atoms with Gasteiger partial charge in [-0.05, 0) is 19.1 Å². The van der Waals surface area contributed by atoms with Gasteiger partial charge in [-0.2, -0.15) is 0 Å². The van der Waals surface area contributed by atoms with E-state index in [1.165, 1.54) is 12.2 Å². The fraction of sp³-hybridized carbons (Fsp3) is 0.143. The summed E-state index contributed by atoms with van der Waals surface area (Å²) in [6.45, 7) is 1.82. The van der Waals surface area contributed by atoms with E-state index in [1.54, 1.807) is 12.2 Å². The molecule has 0 spiro atoms. The summed E-state index contributed by atoms with van der Waals surface area (Å²) in [5, 5.41) is 0. The summed E-state index contributed by atoms with van der Waals surface area (Å²) >= 11 is 0. The highest BCUT2D eigenvalue weighted by Crippen LogP contribution is 1.86. The first-order chi connectivity index (χ1) is 4.31. The number of nitrogens with two attached hydrogens (primary N) is 1. The van der Waals surface area contributed by atoms with Crippen molar-refractivity contribution in [1.82, 2.24) is 0 Å². The van der Waals surface area contributed by atoms with Crippen molar-refractivity contribution in [2.24, 2.45) is 5.73 Å². The van der Waals surface area contributed by atoms with Crippen LogP contribution in [0, 0.1) is 0 Å². The van der Waals surface area contributed by atoms with Gasteiger partial charge in [0, 0.05) is 5.70 Å². The molecule has 0 aliphatic carbocycles. The maximum absolute atomic E-state index is 11.3. The maximum atomic E-state index is 11.3. The van der Waals surface area contributed by atoms with E-state index in [9.17, 15) is 4.39 Å². The Hall–Kier alpha value is -1.05. The van der Waals surface area contributed by atoms with Gasteiger partial charge >= 0.3 is 0 Å². The van der Waals surface area contributed by atoms with Crippen molar-refractivity contribution in [3.05, 3.63) is 36.3 Å². The van der Waals surface area contributed by atoms with Crippen molar-refractivity contribution in [3.8, 4) is 0 Å². The Bertz CT molecular complexity index is 145. The van der Waals surface area contributed by atoms with Crippen molar-refractivity contribution < 1.29 is 4.39 Å². The van der Waals surface area contributed by atoms with Gasteiger partial charge in [-0.15, -0.1) is 0 Å². The minimum absolute atomic E-state index is 0.458. The lowest BCUT2D eigenvalue weighted by molar-refractivity contribution is 0.721. The van der Waals surface area contributed by atoms with Crippen molar-refractivity contribution in [3.63, 3.8) is 0 Å². The first kappa shape index (κ1) is 7.95. The Morgan fingerprint density at radius 3 is 2.56 bits per heavy atom. The standard InChI is InChI=1S/C7H10FN/c1-2-7(9)5-3-4-6-8/h2-6H,9H2,1H3/b5-3-,6-4+,7-2+. The van der Waals surface area contributed by atoms with Gasteiger partial charge in [-0.3, -0.25) is 0 Å². The predicted octanol–water partition coefficient (Wildman–Crippen LogP) is 1.89. The van der Waals surface area contributed by atoms with Gasteiger partial charge in [0.05, 0.1) is 6.33 Å². The average molecular weight is 127 g/mol. The largest absolute Gasteiger partial charge is 0.399 e. The molecule has 0 saturated heterocycles. The Labute approximate surface area is 54.4 Å². The minimum Gasteiger partial charge on any atom is -0.399 e. The third kappa shape index (κ3) is 4.81. The highest BCUT2D eigenvalue weighted by molar-refractivity contribution is 5.17. The molecule has 0 saturated carbocycles. The highest BCUT2D eigenvalue weighted by atomic mass is 19.1. The Kier molecular flexibility index (Phi) is 4.50. The van der Waals surface area contributed by atoms with Crippen LogP contribution in [-0.2, 0) is 0 Å². The summed E-state index contributed by atoms with van der Waals surface area (Å²) in [6.07, 6.45) is 6.63. The monoisotopic (exact) mass is 127 g/mol. The summed E-state index contributed by atoms with van der Waals surface area (Å²) in [4.78, 5) is 0. The molecule has 0 atom stereocenters. The molecule has 0 fully saturated rings. The SMILES string of the molecule is C\C=C(N)/C=C\C=C\F. The summed E-state index contributed by atoms with van der Waals surface area (Å²) in [7, 11) is 0. The number of allylic oxidation sites excluding steroid dienone is 4. The van der Waals surface area contributed by atoms with E-state index in [-0.39, 0.29) is 0 Å². The molecule has 9 heavy (non-hydrogen) atoms. The highest BCUT2D eigenvalue weighted by Gasteiger charge is 1.72. The van der Waals surface area contributed by atoms with E-state index in [1.807, 2.05) is 6.92 Å². The number of hydrogen-bond donors (Lipinski definition) is 1. The quantitative estimate of drug-likeness (QED) is 0.563. The lowest BCUT2D eigenvalue weighted by Crippen LogP contribution is -1.89. The molecule has 0 radical (unpaired) electrons. The zero-order valence-electron chi connectivity index (χ0n) is 5.34. The molecular weight excluding hydrogens is 117 g/mol.